The van der Waals surface area contributed by atoms with Crippen LogP contribution in [0, 0.1) is 0 Å². The zero-order chi connectivity index (χ0) is 9.85. The van der Waals surface area contributed by atoms with E-state index in [1.807, 2.05) is 6.92 Å². The van der Waals surface area contributed by atoms with Crippen LogP contribution >= 0.6 is 0 Å². The molecule has 0 aromatic rings. The number of fused-ring (bicyclic) bond motifs is 1. The van der Waals surface area contributed by atoms with Crippen molar-refractivity contribution in [1.82, 2.24) is 0 Å². The zero-order valence-electron chi connectivity index (χ0n) is 8.18. The third-order valence-electron chi connectivity index (χ3n) is 3.60. The van der Waals surface area contributed by atoms with Crippen LogP contribution in [0.4, 0.5) is 0 Å². The number of carbonyl (C=O) groups is 1. The Morgan fingerprint density at radius 3 is 2.62 bits per heavy atom. The van der Waals surface area contributed by atoms with E-state index < -0.39 is 11.2 Å². The van der Waals surface area contributed by atoms with Crippen LogP contribution in [0.5, 0.6) is 0 Å². The van der Waals surface area contributed by atoms with E-state index in [2.05, 4.69) is 0 Å². The van der Waals surface area contributed by atoms with Crippen LogP contribution in [0.1, 0.15) is 27.2 Å². The summed E-state index contributed by atoms with van der Waals surface area (Å²) in [5, 5.41) is 10.3. The number of hydrogen-bond donors (Lipinski definition) is 1. The second kappa shape index (κ2) is 2.22. The van der Waals surface area contributed by atoms with Gasteiger partial charge >= 0.3 is 0 Å². The maximum absolute atomic E-state index is 11.8. The predicted molar refractivity (Wildman–Crippen MR) is 47.3 cm³/mol. The standard InChI is InChI=1S/C10H14O3/c1-6-7(2)10(12)4-5-13-9(10,3)8(6)11/h12H,4-5H2,1-3H3/t9-,10-/m0/s1. The van der Waals surface area contributed by atoms with Gasteiger partial charge in [0.2, 0.25) is 0 Å². The van der Waals surface area contributed by atoms with Gasteiger partial charge in [0.05, 0.1) is 6.61 Å². The molecular formula is C10H14O3. The van der Waals surface area contributed by atoms with Crippen LogP contribution in [0.3, 0.4) is 0 Å². The lowest BCUT2D eigenvalue weighted by molar-refractivity contribution is -0.144. The molecule has 0 bridgehead atoms. The molecule has 0 radical (unpaired) electrons. The van der Waals surface area contributed by atoms with Crippen LogP contribution in [0.2, 0.25) is 0 Å². The summed E-state index contributed by atoms with van der Waals surface area (Å²) in [6.45, 7) is 5.71. The molecule has 0 aromatic heterocycles. The molecule has 13 heavy (non-hydrogen) atoms. The van der Waals surface area contributed by atoms with Crippen molar-refractivity contribution >= 4 is 5.78 Å². The molecule has 1 saturated heterocycles. The van der Waals surface area contributed by atoms with Gasteiger partial charge in [-0.3, -0.25) is 4.79 Å². The average Bonchev–Trinajstić information content (AvgIpc) is 2.46. The molecule has 2 aliphatic rings. The van der Waals surface area contributed by atoms with Gasteiger partial charge in [0, 0.05) is 6.42 Å². The minimum absolute atomic E-state index is 0.0648. The van der Waals surface area contributed by atoms with Gasteiger partial charge in [-0.25, -0.2) is 0 Å². The van der Waals surface area contributed by atoms with Gasteiger partial charge in [0.15, 0.2) is 11.4 Å². The van der Waals surface area contributed by atoms with Crippen molar-refractivity contribution in [2.45, 2.75) is 38.4 Å². The van der Waals surface area contributed by atoms with Crippen LogP contribution < -0.4 is 0 Å². The number of aliphatic hydroxyl groups is 1. The second-order valence-electron chi connectivity index (χ2n) is 4.07. The summed E-state index contributed by atoms with van der Waals surface area (Å²) < 4.78 is 5.38. The van der Waals surface area contributed by atoms with E-state index >= 15 is 0 Å². The number of ketones is 1. The molecule has 0 spiro atoms. The SMILES string of the molecule is CC1=C(C)[C@@]2(O)CCO[C@@]2(C)C1=O. The summed E-state index contributed by atoms with van der Waals surface area (Å²) in [5.74, 6) is -0.0648. The Hall–Kier alpha value is -0.670. The third kappa shape index (κ3) is 0.747. The van der Waals surface area contributed by atoms with Crippen molar-refractivity contribution in [2.75, 3.05) is 6.61 Å². The Balaban J connectivity index is 2.60. The Morgan fingerprint density at radius 2 is 2.08 bits per heavy atom. The molecule has 0 saturated carbocycles. The highest BCUT2D eigenvalue weighted by Crippen LogP contribution is 2.48. The maximum atomic E-state index is 11.8. The fourth-order valence-corrected chi connectivity index (χ4v) is 2.40. The average molecular weight is 182 g/mol. The lowest BCUT2D eigenvalue weighted by Crippen LogP contribution is -2.50. The molecule has 1 N–H and O–H groups in total. The molecule has 0 aromatic carbocycles. The fraction of sp³-hybridized carbons (Fsp3) is 0.700. The first-order valence-corrected chi connectivity index (χ1v) is 4.52. The largest absolute Gasteiger partial charge is 0.382 e. The summed E-state index contributed by atoms with van der Waals surface area (Å²) in [6.07, 6.45) is 0.526. The van der Waals surface area contributed by atoms with Gasteiger partial charge in [0.25, 0.3) is 0 Å². The highest BCUT2D eigenvalue weighted by atomic mass is 16.5. The summed E-state index contributed by atoms with van der Waals surface area (Å²) >= 11 is 0. The van der Waals surface area contributed by atoms with Crippen LogP contribution in [0.15, 0.2) is 11.1 Å². The predicted octanol–water partition coefficient (Wildman–Crippen LogP) is 0.816. The number of hydrogen-bond acceptors (Lipinski definition) is 3. The molecule has 3 heteroatoms. The first-order chi connectivity index (χ1) is 5.93. The van der Waals surface area contributed by atoms with Crippen molar-refractivity contribution < 1.29 is 14.6 Å². The lowest BCUT2D eigenvalue weighted by Gasteiger charge is -2.31. The molecule has 0 amide bonds. The molecule has 0 unspecified atom stereocenters. The lowest BCUT2D eigenvalue weighted by atomic mass is 9.83. The highest BCUT2D eigenvalue weighted by Gasteiger charge is 2.63. The third-order valence-corrected chi connectivity index (χ3v) is 3.60. The molecule has 2 rings (SSSR count). The van der Waals surface area contributed by atoms with Crippen molar-refractivity contribution in [2.24, 2.45) is 0 Å². The van der Waals surface area contributed by atoms with E-state index in [0.29, 0.717) is 18.6 Å². The molecule has 1 aliphatic heterocycles. The van der Waals surface area contributed by atoms with E-state index in [0.717, 1.165) is 5.57 Å². The Labute approximate surface area is 77.4 Å². The minimum Gasteiger partial charge on any atom is -0.382 e. The van der Waals surface area contributed by atoms with Crippen molar-refractivity contribution in [1.29, 1.82) is 0 Å². The first kappa shape index (κ1) is 8.91. The van der Waals surface area contributed by atoms with Gasteiger partial charge in [0.1, 0.15) is 5.60 Å². The summed E-state index contributed by atoms with van der Waals surface area (Å²) in [5.41, 5.74) is -0.628. The normalized spacial score (nSPS) is 44.5. The van der Waals surface area contributed by atoms with E-state index in [9.17, 15) is 9.90 Å². The molecule has 1 fully saturated rings. The summed E-state index contributed by atoms with van der Waals surface area (Å²) in [7, 11) is 0. The first-order valence-electron chi connectivity index (χ1n) is 4.52. The molecular weight excluding hydrogens is 168 g/mol. The number of ether oxygens (including phenoxy) is 1. The van der Waals surface area contributed by atoms with E-state index in [1.165, 1.54) is 0 Å². The molecule has 3 nitrogen and oxygen atoms in total. The highest BCUT2D eigenvalue weighted by molar-refractivity contribution is 6.07. The summed E-state index contributed by atoms with van der Waals surface area (Å²) in [6, 6.07) is 0. The topological polar surface area (TPSA) is 46.5 Å². The number of Topliss-reactive ketones (excluding diaryl/α,β-unsaturated/α-hetero) is 1. The maximum Gasteiger partial charge on any atom is 0.193 e. The fourth-order valence-electron chi connectivity index (χ4n) is 2.40. The van der Waals surface area contributed by atoms with Gasteiger partial charge < -0.3 is 9.84 Å². The Bertz CT molecular complexity index is 318. The Kier molecular flexibility index (Phi) is 1.52. The molecule has 1 aliphatic carbocycles. The van der Waals surface area contributed by atoms with Gasteiger partial charge in [-0.15, -0.1) is 0 Å². The number of carbonyl (C=O) groups excluding carboxylic acids is 1. The van der Waals surface area contributed by atoms with Crippen molar-refractivity contribution in [3.8, 4) is 0 Å². The van der Waals surface area contributed by atoms with E-state index in [4.69, 9.17) is 4.74 Å². The van der Waals surface area contributed by atoms with E-state index in [1.54, 1.807) is 13.8 Å². The molecule has 2 atom stereocenters. The smallest absolute Gasteiger partial charge is 0.193 e. The Morgan fingerprint density at radius 1 is 1.46 bits per heavy atom. The minimum atomic E-state index is -1.05. The zero-order valence-corrected chi connectivity index (χ0v) is 8.18. The van der Waals surface area contributed by atoms with Crippen molar-refractivity contribution in [3.63, 3.8) is 0 Å². The van der Waals surface area contributed by atoms with Crippen molar-refractivity contribution in [3.05, 3.63) is 11.1 Å². The molecule has 72 valence electrons. The second-order valence-corrected chi connectivity index (χ2v) is 4.07. The monoisotopic (exact) mass is 182 g/mol. The molecule has 1 heterocycles. The van der Waals surface area contributed by atoms with E-state index in [-0.39, 0.29) is 5.78 Å². The number of rotatable bonds is 0. The summed E-state index contributed by atoms with van der Waals surface area (Å²) in [4.78, 5) is 11.8. The van der Waals surface area contributed by atoms with Crippen LogP contribution in [0.25, 0.3) is 0 Å². The van der Waals surface area contributed by atoms with Crippen LogP contribution in [-0.4, -0.2) is 28.7 Å². The van der Waals surface area contributed by atoms with Gasteiger partial charge in [-0.05, 0) is 31.9 Å². The quantitative estimate of drug-likeness (QED) is 0.603. The van der Waals surface area contributed by atoms with Gasteiger partial charge in [-0.2, -0.15) is 0 Å². The van der Waals surface area contributed by atoms with Crippen LogP contribution in [-0.2, 0) is 9.53 Å². The van der Waals surface area contributed by atoms with Gasteiger partial charge in [-0.1, -0.05) is 0 Å².